The smallest absolute Gasteiger partial charge is 0.208 e. The number of hydrogen-bond donors (Lipinski definition) is 1. The van der Waals surface area contributed by atoms with E-state index in [1.807, 2.05) is 30.8 Å². The van der Waals surface area contributed by atoms with Gasteiger partial charge in [-0.3, -0.25) is 4.68 Å². The van der Waals surface area contributed by atoms with Gasteiger partial charge in [0.25, 0.3) is 0 Å². The van der Waals surface area contributed by atoms with Crippen LogP contribution in [0.15, 0.2) is 16.7 Å². The van der Waals surface area contributed by atoms with Crippen LogP contribution in [0.3, 0.4) is 0 Å². The average molecular weight is 262 g/mol. The van der Waals surface area contributed by atoms with Crippen molar-refractivity contribution in [1.82, 2.24) is 20.1 Å². The molecule has 0 aromatic carbocycles. The third kappa shape index (κ3) is 3.44. The Morgan fingerprint density at radius 1 is 1.37 bits per heavy atom. The molecule has 0 aliphatic heterocycles. The maximum Gasteiger partial charge on any atom is 0.208 e. The quantitative estimate of drug-likeness (QED) is 0.869. The molecule has 1 atom stereocenters. The standard InChI is InChI=1S/C14H22N4O/c1-5-10(2)18-7-6-13(17-18)8-15-9-14-16-11(3)12(4)19-14/h6-7,10,15H,5,8-9H2,1-4H3. The van der Waals surface area contributed by atoms with Crippen molar-refractivity contribution in [2.45, 2.75) is 53.2 Å². The fourth-order valence-corrected chi connectivity index (χ4v) is 1.82. The molecule has 2 heterocycles. The van der Waals surface area contributed by atoms with Crippen molar-refractivity contribution >= 4 is 0 Å². The van der Waals surface area contributed by atoms with Gasteiger partial charge in [-0.1, -0.05) is 6.92 Å². The van der Waals surface area contributed by atoms with E-state index < -0.39 is 0 Å². The van der Waals surface area contributed by atoms with Crippen LogP contribution in [0.5, 0.6) is 0 Å². The molecule has 19 heavy (non-hydrogen) atoms. The molecule has 0 fully saturated rings. The molecule has 1 N–H and O–H groups in total. The first-order valence-corrected chi connectivity index (χ1v) is 6.77. The minimum absolute atomic E-state index is 0.450. The zero-order chi connectivity index (χ0) is 13.8. The second-order valence-electron chi connectivity index (χ2n) is 4.90. The first kappa shape index (κ1) is 13.8. The Bertz CT molecular complexity index is 510. The Kier molecular flexibility index (Phi) is 4.37. The predicted molar refractivity (Wildman–Crippen MR) is 73.7 cm³/mol. The third-order valence-electron chi connectivity index (χ3n) is 3.36. The summed E-state index contributed by atoms with van der Waals surface area (Å²) in [6.45, 7) is 9.57. The van der Waals surface area contributed by atoms with Crippen LogP contribution >= 0.6 is 0 Å². The Labute approximate surface area is 114 Å². The molecule has 104 valence electrons. The van der Waals surface area contributed by atoms with E-state index >= 15 is 0 Å². The van der Waals surface area contributed by atoms with Crippen molar-refractivity contribution in [3.63, 3.8) is 0 Å². The number of nitrogens with one attached hydrogen (secondary N) is 1. The van der Waals surface area contributed by atoms with Gasteiger partial charge >= 0.3 is 0 Å². The van der Waals surface area contributed by atoms with Crippen LogP contribution in [-0.4, -0.2) is 14.8 Å². The van der Waals surface area contributed by atoms with Gasteiger partial charge in [0.15, 0.2) is 0 Å². The lowest BCUT2D eigenvalue weighted by Crippen LogP contribution is -2.14. The zero-order valence-electron chi connectivity index (χ0n) is 12.1. The lowest BCUT2D eigenvalue weighted by Gasteiger charge is -2.08. The summed E-state index contributed by atoms with van der Waals surface area (Å²) in [5, 5.41) is 7.83. The molecule has 0 aliphatic rings. The molecule has 0 saturated carbocycles. The van der Waals surface area contributed by atoms with E-state index in [1.54, 1.807) is 0 Å². The number of oxazole rings is 1. The van der Waals surface area contributed by atoms with Crippen molar-refractivity contribution < 1.29 is 4.42 Å². The van der Waals surface area contributed by atoms with Crippen molar-refractivity contribution in [2.24, 2.45) is 0 Å². The molecule has 2 aromatic rings. The summed E-state index contributed by atoms with van der Waals surface area (Å²) in [5.41, 5.74) is 2.00. The highest BCUT2D eigenvalue weighted by atomic mass is 16.4. The first-order valence-electron chi connectivity index (χ1n) is 6.77. The Morgan fingerprint density at radius 3 is 2.79 bits per heavy atom. The highest BCUT2D eigenvalue weighted by Gasteiger charge is 2.06. The van der Waals surface area contributed by atoms with Crippen molar-refractivity contribution in [2.75, 3.05) is 0 Å². The van der Waals surface area contributed by atoms with Gasteiger partial charge in [0.1, 0.15) is 5.76 Å². The van der Waals surface area contributed by atoms with Crippen molar-refractivity contribution in [3.05, 3.63) is 35.3 Å². The van der Waals surface area contributed by atoms with Crippen LogP contribution in [0.1, 0.15) is 49.3 Å². The van der Waals surface area contributed by atoms with E-state index in [4.69, 9.17) is 4.42 Å². The fraction of sp³-hybridized carbons (Fsp3) is 0.571. The van der Waals surface area contributed by atoms with Crippen LogP contribution in [0.4, 0.5) is 0 Å². The molecule has 0 bridgehead atoms. The largest absolute Gasteiger partial charge is 0.444 e. The highest BCUT2D eigenvalue weighted by Crippen LogP contribution is 2.10. The van der Waals surface area contributed by atoms with E-state index in [0.29, 0.717) is 12.6 Å². The topological polar surface area (TPSA) is 55.9 Å². The molecule has 5 heteroatoms. The summed E-state index contributed by atoms with van der Waals surface area (Å²) in [6.07, 6.45) is 3.12. The average Bonchev–Trinajstić information content (AvgIpc) is 2.97. The number of hydrogen-bond acceptors (Lipinski definition) is 4. The number of nitrogens with zero attached hydrogens (tertiary/aromatic N) is 3. The van der Waals surface area contributed by atoms with Crippen LogP contribution in [0.25, 0.3) is 0 Å². The lowest BCUT2D eigenvalue weighted by atomic mass is 10.3. The third-order valence-corrected chi connectivity index (χ3v) is 3.36. The Hall–Kier alpha value is -1.62. The number of rotatable bonds is 6. The second kappa shape index (κ2) is 6.02. The summed E-state index contributed by atoms with van der Waals surface area (Å²) in [7, 11) is 0. The molecular weight excluding hydrogens is 240 g/mol. The SMILES string of the molecule is CCC(C)n1ccc(CNCc2nc(C)c(C)o2)n1. The normalized spacial score (nSPS) is 12.8. The maximum atomic E-state index is 5.51. The van der Waals surface area contributed by atoms with E-state index in [1.165, 1.54) is 0 Å². The van der Waals surface area contributed by atoms with E-state index in [9.17, 15) is 0 Å². The molecule has 2 aromatic heterocycles. The molecule has 0 spiro atoms. The molecule has 0 saturated heterocycles. The van der Waals surface area contributed by atoms with Gasteiger partial charge in [-0.2, -0.15) is 5.10 Å². The molecule has 0 amide bonds. The number of aryl methyl sites for hydroxylation is 2. The van der Waals surface area contributed by atoms with Gasteiger partial charge in [-0.15, -0.1) is 0 Å². The van der Waals surface area contributed by atoms with Gasteiger partial charge < -0.3 is 9.73 Å². The van der Waals surface area contributed by atoms with E-state index in [0.717, 1.165) is 36.0 Å². The van der Waals surface area contributed by atoms with Crippen molar-refractivity contribution in [3.8, 4) is 0 Å². The molecule has 0 radical (unpaired) electrons. The van der Waals surface area contributed by atoms with E-state index in [-0.39, 0.29) is 0 Å². The van der Waals surface area contributed by atoms with Gasteiger partial charge in [0.2, 0.25) is 5.89 Å². The summed E-state index contributed by atoms with van der Waals surface area (Å²) in [6, 6.07) is 2.50. The van der Waals surface area contributed by atoms with Crippen molar-refractivity contribution in [1.29, 1.82) is 0 Å². The summed E-state index contributed by atoms with van der Waals surface area (Å²) in [5.74, 6) is 1.62. The Balaban J connectivity index is 1.84. The molecular formula is C14H22N4O. The molecule has 0 aliphatic carbocycles. The van der Waals surface area contributed by atoms with E-state index in [2.05, 4.69) is 29.2 Å². The van der Waals surface area contributed by atoms with Crippen LogP contribution in [0.2, 0.25) is 0 Å². The van der Waals surface area contributed by atoms with Crippen LogP contribution in [-0.2, 0) is 13.1 Å². The van der Waals surface area contributed by atoms with Crippen LogP contribution in [0, 0.1) is 13.8 Å². The Morgan fingerprint density at radius 2 is 2.16 bits per heavy atom. The predicted octanol–water partition coefficient (Wildman–Crippen LogP) is 2.75. The zero-order valence-corrected chi connectivity index (χ0v) is 12.1. The second-order valence-corrected chi connectivity index (χ2v) is 4.90. The molecule has 5 nitrogen and oxygen atoms in total. The minimum atomic E-state index is 0.450. The maximum absolute atomic E-state index is 5.51. The fourth-order valence-electron chi connectivity index (χ4n) is 1.82. The summed E-state index contributed by atoms with van der Waals surface area (Å²) in [4.78, 5) is 4.33. The lowest BCUT2D eigenvalue weighted by molar-refractivity contribution is 0.443. The van der Waals surface area contributed by atoms with Gasteiger partial charge in [-0.05, 0) is 33.3 Å². The first-order chi connectivity index (χ1) is 9.10. The number of aromatic nitrogens is 3. The highest BCUT2D eigenvalue weighted by molar-refractivity contribution is 5.05. The van der Waals surface area contributed by atoms with Crippen LogP contribution < -0.4 is 5.32 Å². The summed E-state index contributed by atoms with van der Waals surface area (Å²) < 4.78 is 7.52. The van der Waals surface area contributed by atoms with Gasteiger partial charge in [-0.25, -0.2) is 4.98 Å². The molecule has 1 unspecified atom stereocenters. The van der Waals surface area contributed by atoms with Gasteiger partial charge in [0.05, 0.1) is 17.9 Å². The van der Waals surface area contributed by atoms with Gasteiger partial charge in [0, 0.05) is 18.8 Å². The summed E-state index contributed by atoms with van der Waals surface area (Å²) >= 11 is 0. The monoisotopic (exact) mass is 262 g/mol. The minimum Gasteiger partial charge on any atom is -0.444 e. The molecule has 2 rings (SSSR count).